The lowest BCUT2D eigenvalue weighted by molar-refractivity contribution is 0.0933. The maximum atomic E-state index is 3.50. The number of hydrogen-bond acceptors (Lipinski definition) is 3. The summed E-state index contributed by atoms with van der Waals surface area (Å²) in [7, 11) is 6.43. The van der Waals surface area contributed by atoms with Gasteiger partial charge in [0, 0.05) is 10.4 Å². The smallest absolute Gasteiger partial charge is 0.0598 e. The molecule has 0 amide bonds. The molecule has 0 bridgehead atoms. The van der Waals surface area contributed by atoms with E-state index in [0.29, 0.717) is 6.04 Å². The lowest BCUT2D eigenvalue weighted by Gasteiger charge is -2.44. The molecule has 1 aromatic heterocycles. The molecule has 1 heterocycles. The maximum Gasteiger partial charge on any atom is 0.0598 e. The molecule has 0 radical (unpaired) electrons. The first-order valence-electron chi connectivity index (χ1n) is 6.00. The number of thiophene rings is 1. The molecule has 16 heavy (non-hydrogen) atoms. The van der Waals surface area contributed by atoms with Gasteiger partial charge in [-0.3, -0.25) is 0 Å². The van der Waals surface area contributed by atoms with E-state index in [0.717, 1.165) is 12.8 Å². The Balaban J connectivity index is 3.08. The van der Waals surface area contributed by atoms with E-state index in [9.17, 15) is 0 Å². The van der Waals surface area contributed by atoms with Gasteiger partial charge in [-0.25, -0.2) is 0 Å². The fraction of sp³-hybridized carbons (Fsp3) is 0.692. The van der Waals surface area contributed by atoms with Crippen LogP contribution in [0.25, 0.3) is 0 Å². The number of likely N-dealkylation sites (N-methyl/N-ethyl adjacent to an activating group) is 2. The van der Waals surface area contributed by atoms with Crippen molar-refractivity contribution in [3.05, 3.63) is 22.4 Å². The molecule has 0 aliphatic rings. The highest BCUT2D eigenvalue weighted by atomic mass is 32.1. The molecule has 1 unspecified atom stereocenters. The van der Waals surface area contributed by atoms with Crippen molar-refractivity contribution < 1.29 is 0 Å². The van der Waals surface area contributed by atoms with Crippen molar-refractivity contribution in [1.82, 2.24) is 10.2 Å². The fourth-order valence-electron chi connectivity index (χ4n) is 2.68. The van der Waals surface area contributed by atoms with Crippen LogP contribution < -0.4 is 5.32 Å². The summed E-state index contributed by atoms with van der Waals surface area (Å²) in [6.45, 7) is 4.56. The quantitative estimate of drug-likeness (QED) is 0.822. The average Bonchev–Trinajstić information content (AvgIpc) is 2.78. The maximum absolute atomic E-state index is 3.50. The Morgan fingerprint density at radius 1 is 1.38 bits per heavy atom. The number of rotatable bonds is 6. The molecule has 1 atom stereocenters. The Morgan fingerprint density at radius 2 is 2.00 bits per heavy atom. The summed E-state index contributed by atoms with van der Waals surface area (Å²) in [6.07, 6.45) is 2.31. The molecule has 0 aliphatic heterocycles. The van der Waals surface area contributed by atoms with Crippen LogP contribution in [0.4, 0.5) is 0 Å². The van der Waals surface area contributed by atoms with Gasteiger partial charge in [0.25, 0.3) is 0 Å². The van der Waals surface area contributed by atoms with E-state index in [1.807, 2.05) is 11.3 Å². The molecule has 2 nitrogen and oxygen atoms in total. The van der Waals surface area contributed by atoms with Gasteiger partial charge >= 0.3 is 0 Å². The van der Waals surface area contributed by atoms with Crippen LogP contribution in [0.2, 0.25) is 0 Å². The molecule has 0 aliphatic carbocycles. The van der Waals surface area contributed by atoms with E-state index in [1.54, 1.807) is 0 Å². The third kappa shape index (κ3) is 2.31. The van der Waals surface area contributed by atoms with Gasteiger partial charge in [-0.2, -0.15) is 0 Å². The van der Waals surface area contributed by atoms with Gasteiger partial charge in [-0.15, -0.1) is 11.3 Å². The first-order valence-corrected chi connectivity index (χ1v) is 6.88. The Bertz CT molecular complexity index is 289. The van der Waals surface area contributed by atoms with Gasteiger partial charge in [-0.05, 0) is 45.4 Å². The zero-order valence-electron chi connectivity index (χ0n) is 11.1. The summed E-state index contributed by atoms with van der Waals surface area (Å²) < 4.78 is 0. The monoisotopic (exact) mass is 240 g/mol. The third-order valence-corrected chi connectivity index (χ3v) is 4.71. The zero-order valence-corrected chi connectivity index (χ0v) is 11.9. The molecule has 92 valence electrons. The Morgan fingerprint density at radius 3 is 2.31 bits per heavy atom. The topological polar surface area (TPSA) is 15.3 Å². The van der Waals surface area contributed by atoms with Gasteiger partial charge in [0.15, 0.2) is 0 Å². The van der Waals surface area contributed by atoms with Crippen LogP contribution >= 0.6 is 11.3 Å². The van der Waals surface area contributed by atoms with E-state index >= 15 is 0 Å². The van der Waals surface area contributed by atoms with E-state index in [2.05, 4.69) is 62.7 Å². The van der Waals surface area contributed by atoms with Crippen molar-refractivity contribution in [2.75, 3.05) is 21.1 Å². The highest BCUT2D eigenvalue weighted by Crippen LogP contribution is 2.37. The van der Waals surface area contributed by atoms with Gasteiger partial charge in [0.2, 0.25) is 0 Å². The third-order valence-electron chi connectivity index (χ3n) is 3.77. The molecule has 0 spiro atoms. The van der Waals surface area contributed by atoms with Gasteiger partial charge < -0.3 is 10.2 Å². The summed E-state index contributed by atoms with van der Waals surface area (Å²) in [4.78, 5) is 3.80. The van der Waals surface area contributed by atoms with Crippen LogP contribution in [-0.2, 0) is 0 Å². The molecule has 1 rings (SSSR count). The number of hydrogen-bond donors (Lipinski definition) is 1. The molecule has 1 N–H and O–H groups in total. The minimum atomic E-state index is 0.208. The summed E-state index contributed by atoms with van der Waals surface area (Å²) in [5.41, 5.74) is 0.208. The van der Waals surface area contributed by atoms with E-state index in [4.69, 9.17) is 0 Å². The Kier molecular flexibility index (Phi) is 4.96. The SMILES string of the molecule is CCC(CC)(C(NC)c1cccs1)N(C)C. The van der Waals surface area contributed by atoms with Crippen LogP contribution in [0.3, 0.4) is 0 Å². The van der Waals surface area contributed by atoms with Crippen molar-refractivity contribution in [1.29, 1.82) is 0 Å². The Hall–Kier alpha value is -0.380. The fourth-order valence-corrected chi connectivity index (χ4v) is 3.62. The van der Waals surface area contributed by atoms with E-state index < -0.39 is 0 Å². The predicted molar refractivity (Wildman–Crippen MR) is 73.1 cm³/mol. The Labute approximate surface area is 104 Å². The van der Waals surface area contributed by atoms with Crippen molar-refractivity contribution in [3.63, 3.8) is 0 Å². The number of nitrogens with one attached hydrogen (secondary N) is 1. The molecular formula is C13H24N2S. The summed E-state index contributed by atoms with van der Waals surface area (Å²) >= 11 is 1.84. The minimum Gasteiger partial charge on any atom is -0.311 e. The first kappa shape index (κ1) is 13.7. The molecule has 1 aromatic rings. The van der Waals surface area contributed by atoms with Crippen molar-refractivity contribution in [2.24, 2.45) is 0 Å². The second kappa shape index (κ2) is 5.80. The highest BCUT2D eigenvalue weighted by Gasteiger charge is 2.38. The van der Waals surface area contributed by atoms with Crippen molar-refractivity contribution >= 4 is 11.3 Å². The van der Waals surface area contributed by atoms with Crippen LogP contribution in [-0.4, -0.2) is 31.6 Å². The second-order valence-corrected chi connectivity index (χ2v) is 5.42. The first-order chi connectivity index (χ1) is 7.62. The van der Waals surface area contributed by atoms with Crippen LogP contribution in [0.15, 0.2) is 17.5 Å². The van der Waals surface area contributed by atoms with Gasteiger partial charge in [0.05, 0.1) is 6.04 Å². The summed E-state index contributed by atoms with van der Waals surface area (Å²) in [5.74, 6) is 0. The van der Waals surface area contributed by atoms with Gasteiger partial charge in [-0.1, -0.05) is 19.9 Å². The molecule has 3 heteroatoms. The lowest BCUT2D eigenvalue weighted by atomic mass is 9.82. The zero-order chi connectivity index (χ0) is 12.2. The summed E-state index contributed by atoms with van der Waals surface area (Å²) in [5, 5.41) is 5.66. The van der Waals surface area contributed by atoms with E-state index in [-0.39, 0.29) is 5.54 Å². The standard InChI is InChI=1S/C13H24N2S/c1-6-13(7-2,15(4)5)12(14-3)11-9-8-10-16-11/h8-10,12,14H,6-7H2,1-5H3. The molecule has 0 saturated carbocycles. The van der Waals surface area contributed by atoms with E-state index in [1.165, 1.54) is 4.88 Å². The van der Waals surface area contributed by atoms with Crippen LogP contribution in [0.1, 0.15) is 37.6 Å². The van der Waals surface area contributed by atoms with Gasteiger partial charge in [0.1, 0.15) is 0 Å². The van der Waals surface area contributed by atoms with Crippen LogP contribution in [0, 0.1) is 0 Å². The van der Waals surface area contributed by atoms with Crippen molar-refractivity contribution in [2.45, 2.75) is 38.3 Å². The second-order valence-electron chi connectivity index (χ2n) is 4.44. The van der Waals surface area contributed by atoms with Crippen molar-refractivity contribution in [3.8, 4) is 0 Å². The van der Waals surface area contributed by atoms with Crippen LogP contribution in [0.5, 0.6) is 0 Å². The predicted octanol–water partition coefficient (Wildman–Crippen LogP) is 3.13. The lowest BCUT2D eigenvalue weighted by Crippen LogP contribution is -2.52. The molecule has 0 aromatic carbocycles. The summed E-state index contributed by atoms with van der Waals surface area (Å²) in [6, 6.07) is 4.78. The molecule has 0 fully saturated rings. The number of nitrogens with zero attached hydrogens (tertiary/aromatic N) is 1. The normalized spacial score (nSPS) is 14.4. The molecular weight excluding hydrogens is 216 g/mol. The highest BCUT2D eigenvalue weighted by molar-refractivity contribution is 7.10. The largest absolute Gasteiger partial charge is 0.311 e. The minimum absolute atomic E-state index is 0.208. The average molecular weight is 240 g/mol. The molecule has 0 saturated heterocycles.